The zero-order valence-electron chi connectivity index (χ0n) is 17.7. The van der Waals surface area contributed by atoms with E-state index in [1.807, 2.05) is 24.3 Å². The van der Waals surface area contributed by atoms with Gasteiger partial charge < -0.3 is 9.47 Å². The highest BCUT2D eigenvalue weighted by atomic mass is 35.5. The van der Waals surface area contributed by atoms with Gasteiger partial charge in [0.05, 0.1) is 31.4 Å². The molecule has 0 aliphatic heterocycles. The Hall–Kier alpha value is -4.07. The number of ether oxygens (including phenoxy) is 2. The van der Waals surface area contributed by atoms with Gasteiger partial charge in [-0.1, -0.05) is 28.8 Å². The van der Waals surface area contributed by atoms with Gasteiger partial charge in [0.2, 0.25) is 0 Å². The average molecular weight is 463 g/mol. The lowest BCUT2D eigenvalue weighted by atomic mass is 10.1. The van der Waals surface area contributed by atoms with Crippen molar-refractivity contribution in [1.82, 2.24) is 14.8 Å². The summed E-state index contributed by atoms with van der Waals surface area (Å²) in [4.78, 5) is 19.4. The van der Waals surface area contributed by atoms with Crippen molar-refractivity contribution in [2.24, 2.45) is 5.11 Å². The molecule has 166 valence electrons. The van der Waals surface area contributed by atoms with E-state index in [1.165, 1.54) is 10.7 Å². The van der Waals surface area contributed by atoms with E-state index in [1.54, 1.807) is 37.6 Å². The van der Waals surface area contributed by atoms with Crippen molar-refractivity contribution in [3.8, 4) is 22.8 Å². The van der Waals surface area contributed by atoms with E-state index >= 15 is 0 Å². The van der Waals surface area contributed by atoms with Gasteiger partial charge in [0, 0.05) is 39.2 Å². The Bertz CT molecular complexity index is 1420. The number of halogens is 1. The van der Waals surface area contributed by atoms with E-state index in [9.17, 15) is 4.79 Å². The SMILES string of the molecule is COc1ccc2c(OCCn3nc(-c4ccc(CN=[N+]=[N-])c(Cl)c4)ccc3=O)ccnc2c1. The molecule has 0 bridgehead atoms. The largest absolute Gasteiger partial charge is 0.497 e. The van der Waals surface area contributed by atoms with Gasteiger partial charge in [-0.15, -0.1) is 0 Å². The molecule has 0 aliphatic rings. The monoisotopic (exact) mass is 462 g/mol. The Morgan fingerprint density at radius 2 is 2.03 bits per heavy atom. The second-order valence-corrected chi connectivity index (χ2v) is 7.42. The number of methoxy groups -OCH3 is 1. The lowest BCUT2D eigenvalue weighted by Crippen LogP contribution is -2.25. The van der Waals surface area contributed by atoms with Crippen molar-refractivity contribution in [1.29, 1.82) is 0 Å². The lowest BCUT2D eigenvalue weighted by molar-refractivity contribution is 0.291. The van der Waals surface area contributed by atoms with Gasteiger partial charge in [0.15, 0.2) is 0 Å². The Balaban J connectivity index is 1.50. The molecule has 0 unspecified atom stereocenters. The van der Waals surface area contributed by atoms with Crippen LogP contribution in [-0.2, 0) is 13.1 Å². The molecular formula is C23H19ClN6O3. The highest BCUT2D eigenvalue weighted by Crippen LogP contribution is 2.27. The van der Waals surface area contributed by atoms with Crippen LogP contribution in [0.15, 0.2) is 70.7 Å². The minimum atomic E-state index is -0.238. The highest BCUT2D eigenvalue weighted by molar-refractivity contribution is 6.31. The molecule has 0 saturated carbocycles. The smallest absolute Gasteiger partial charge is 0.266 e. The first-order valence-electron chi connectivity index (χ1n) is 10.0. The van der Waals surface area contributed by atoms with Crippen LogP contribution in [0.1, 0.15) is 5.56 Å². The predicted octanol–water partition coefficient (Wildman–Crippen LogP) is 5.01. The molecule has 2 heterocycles. The van der Waals surface area contributed by atoms with Crippen molar-refractivity contribution < 1.29 is 9.47 Å². The molecule has 0 amide bonds. The third-order valence-corrected chi connectivity index (χ3v) is 5.34. The molecular weight excluding hydrogens is 444 g/mol. The molecule has 0 fully saturated rings. The van der Waals surface area contributed by atoms with Crippen molar-refractivity contribution in [3.63, 3.8) is 0 Å². The standard InChI is InChI=1S/C23H19ClN6O3/c1-32-17-4-5-18-21(13-17)26-9-8-22(18)33-11-10-30-23(31)7-6-20(28-30)15-2-3-16(14-27-29-25)19(24)12-15/h2-9,12-13H,10-11,14H2,1H3. The molecule has 4 rings (SSSR count). The molecule has 0 radical (unpaired) electrons. The molecule has 0 N–H and O–H groups in total. The Labute approximate surface area is 193 Å². The molecule has 9 nitrogen and oxygen atoms in total. The number of benzene rings is 2. The average Bonchev–Trinajstić information content (AvgIpc) is 2.84. The molecule has 0 spiro atoms. The number of hydrogen-bond acceptors (Lipinski definition) is 6. The summed E-state index contributed by atoms with van der Waals surface area (Å²) in [6.45, 7) is 0.666. The molecule has 33 heavy (non-hydrogen) atoms. The fourth-order valence-corrected chi connectivity index (χ4v) is 3.54. The van der Waals surface area contributed by atoms with Crippen molar-refractivity contribution in [2.75, 3.05) is 13.7 Å². The molecule has 0 saturated heterocycles. The number of fused-ring (bicyclic) bond motifs is 1. The van der Waals surface area contributed by atoms with E-state index in [2.05, 4.69) is 20.1 Å². The van der Waals surface area contributed by atoms with Crippen LogP contribution in [0.25, 0.3) is 32.6 Å². The molecule has 0 atom stereocenters. The van der Waals surface area contributed by atoms with E-state index in [0.29, 0.717) is 27.8 Å². The Morgan fingerprint density at radius 1 is 1.15 bits per heavy atom. The van der Waals surface area contributed by atoms with Crippen LogP contribution in [0, 0.1) is 0 Å². The van der Waals surface area contributed by atoms with Gasteiger partial charge in [0.1, 0.15) is 18.1 Å². The summed E-state index contributed by atoms with van der Waals surface area (Å²) in [5, 5.41) is 9.29. The summed E-state index contributed by atoms with van der Waals surface area (Å²) in [6.07, 6.45) is 1.66. The minimum absolute atomic E-state index is 0.163. The van der Waals surface area contributed by atoms with Crippen molar-refractivity contribution in [3.05, 3.63) is 92.2 Å². The van der Waals surface area contributed by atoms with Gasteiger partial charge in [0.25, 0.3) is 5.56 Å². The molecule has 0 aliphatic carbocycles. The fraction of sp³-hybridized carbons (Fsp3) is 0.174. The second kappa shape index (κ2) is 10.0. The normalized spacial score (nSPS) is 10.6. The van der Waals surface area contributed by atoms with Gasteiger partial charge in [-0.3, -0.25) is 9.78 Å². The highest BCUT2D eigenvalue weighted by Gasteiger charge is 2.08. The Kier molecular flexibility index (Phi) is 6.73. The number of hydrogen-bond donors (Lipinski definition) is 0. The van der Waals surface area contributed by atoms with Crippen LogP contribution < -0.4 is 15.0 Å². The fourth-order valence-electron chi connectivity index (χ4n) is 3.30. The zero-order chi connectivity index (χ0) is 23.2. The van der Waals surface area contributed by atoms with Crippen LogP contribution in [0.2, 0.25) is 5.02 Å². The summed E-state index contributed by atoms with van der Waals surface area (Å²) < 4.78 is 12.5. The third-order valence-electron chi connectivity index (χ3n) is 4.99. The van der Waals surface area contributed by atoms with Crippen LogP contribution in [0.5, 0.6) is 11.5 Å². The molecule has 2 aromatic heterocycles. The maximum Gasteiger partial charge on any atom is 0.266 e. The van der Waals surface area contributed by atoms with Crippen LogP contribution in [0.3, 0.4) is 0 Å². The van der Waals surface area contributed by atoms with Gasteiger partial charge in [-0.2, -0.15) is 5.10 Å². The third kappa shape index (κ3) is 5.06. The maximum atomic E-state index is 12.3. The topological polar surface area (TPSA) is 115 Å². The van der Waals surface area contributed by atoms with E-state index in [4.69, 9.17) is 26.6 Å². The summed E-state index contributed by atoms with van der Waals surface area (Å²) in [5.74, 6) is 1.37. The number of aromatic nitrogens is 3. The van der Waals surface area contributed by atoms with Crippen LogP contribution in [-0.4, -0.2) is 28.5 Å². The molecule has 2 aromatic carbocycles. The van der Waals surface area contributed by atoms with Crippen LogP contribution in [0.4, 0.5) is 0 Å². The summed E-state index contributed by atoms with van der Waals surface area (Å²) in [5.41, 5.74) is 11.0. The van der Waals surface area contributed by atoms with Crippen LogP contribution >= 0.6 is 11.6 Å². The summed E-state index contributed by atoms with van der Waals surface area (Å²) in [7, 11) is 1.60. The summed E-state index contributed by atoms with van der Waals surface area (Å²) >= 11 is 6.29. The number of rotatable bonds is 8. The lowest BCUT2D eigenvalue weighted by Gasteiger charge is -2.11. The van der Waals surface area contributed by atoms with Crippen molar-refractivity contribution >= 4 is 22.5 Å². The van der Waals surface area contributed by atoms with Gasteiger partial charge >= 0.3 is 0 Å². The first kappa shape index (κ1) is 22.1. The molecule has 4 aromatic rings. The zero-order valence-corrected chi connectivity index (χ0v) is 18.4. The minimum Gasteiger partial charge on any atom is -0.497 e. The predicted molar refractivity (Wildman–Crippen MR) is 126 cm³/mol. The van der Waals surface area contributed by atoms with E-state index < -0.39 is 0 Å². The second-order valence-electron chi connectivity index (χ2n) is 7.02. The van der Waals surface area contributed by atoms with Crippen molar-refractivity contribution in [2.45, 2.75) is 13.1 Å². The Morgan fingerprint density at radius 3 is 2.82 bits per heavy atom. The maximum absolute atomic E-state index is 12.3. The number of nitrogens with zero attached hydrogens (tertiary/aromatic N) is 6. The molecule has 10 heteroatoms. The number of pyridine rings is 1. The van der Waals surface area contributed by atoms with E-state index in [0.717, 1.165) is 16.5 Å². The first-order valence-corrected chi connectivity index (χ1v) is 10.4. The van der Waals surface area contributed by atoms with E-state index in [-0.39, 0.29) is 25.3 Å². The van der Waals surface area contributed by atoms with Gasteiger partial charge in [-0.05, 0) is 41.4 Å². The van der Waals surface area contributed by atoms with Gasteiger partial charge in [-0.25, -0.2) is 4.68 Å². The summed E-state index contributed by atoms with van der Waals surface area (Å²) in [6, 6.07) is 15.8. The quantitative estimate of drug-likeness (QED) is 0.207. The first-order chi connectivity index (χ1) is 16.1. The number of azide groups is 1.